The molecule has 1 aromatic heterocycles. The van der Waals surface area contributed by atoms with E-state index in [1.54, 1.807) is 0 Å². The van der Waals surface area contributed by atoms with Crippen LogP contribution in [0, 0.1) is 0 Å². The zero-order valence-corrected chi connectivity index (χ0v) is 12.1. The van der Waals surface area contributed by atoms with Crippen molar-refractivity contribution in [2.75, 3.05) is 0 Å². The molecule has 1 aromatic carbocycles. The van der Waals surface area contributed by atoms with Crippen molar-refractivity contribution in [3.8, 4) is 5.75 Å². The highest BCUT2D eigenvalue weighted by atomic mass is 16.5. The number of para-hydroxylation sites is 1. The van der Waals surface area contributed by atoms with Gasteiger partial charge in [0, 0.05) is 11.4 Å². The monoisotopic (exact) mass is 272 g/mol. The second-order valence-corrected chi connectivity index (χ2v) is 5.61. The molecule has 0 saturated carbocycles. The van der Waals surface area contributed by atoms with Crippen molar-refractivity contribution in [1.82, 2.24) is 9.88 Å². The minimum atomic E-state index is -0.0149. The summed E-state index contributed by atoms with van der Waals surface area (Å²) in [5.74, 6) is 0.864. The van der Waals surface area contributed by atoms with E-state index in [0.717, 1.165) is 35.3 Å². The van der Waals surface area contributed by atoms with Crippen molar-refractivity contribution in [3.05, 3.63) is 30.0 Å². The number of amides is 1. The highest BCUT2D eigenvalue weighted by Gasteiger charge is 2.25. The number of benzene rings is 1. The number of aromatic nitrogens is 1. The first-order valence-electron chi connectivity index (χ1n) is 7.20. The molecule has 0 spiro atoms. The van der Waals surface area contributed by atoms with E-state index >= 15 is 0 Å². The number of nitrogens with zero attached hydrogens (tertiary/aromatic N) is 1. The van der Waals surface area contributed by atoms with E-state index in [9.17, 15) is 4.79 Å². The third kappa shape index (κ3) is 2.05. The van der Waals surface area contributed by atoms with Crippen molar-refractivity contribution in [2.24, 2.45) is 0 Å². The standard InChI is InChI=1S/C16H20N2O2/c1-4-12-9-18-13(16(19)17-10(2)3)8-11-6-5-7-14(20-12)15(11)18/h5-8,10,12H,4,9H2,1-3H3,(H,17,19). The molecule has 2 heterocycles. The average molecular weight is 272 g/mol. The summed E-state index contributed by atoms with van der Waals surface area (Å²) in [7, 11) is 0. The van der Waals surface area contributed by atoms with Gasteiger partial charge in [-0.1, -0.05) is 19.1 Å². The number of rotatable bonds is 3. The molecule has 0 fully saturated rings. The van der Waals surface area contributed by atoms with Gasteiger partial charge in [0.1, 0.15) is 17.5 Å². The van der Waals surface area contributed by atoms with Crippen molar-refractivity contribution < 1.29 is 9.53 Å². The summed E-state index contributed by atoms with van der Waals surface area (Å²) in [5, 5.41) is 4.03. The Kier molecular flexibility index (Phi) is 3.16. The van der Waals surface area contributed by atoms with Crippen molar-refractivity contribution in [1.29, 1.82) is 0 Å². The van der Waals surface area contributed by atoms with Gasteiger partial charge in [0.2, 0.25) is 0 Å². The molecule has 0 bridgehead atoms. The van der Waals surface area contributed by atoms with Crippen LogP contribution in [0.3, 0.4) is 0 Å². The van der Waals surface area contributed by atoms with Gasteiger partial charge in [0.05, 0.1) is 12.1 Å². The molecular formula is C16H20N2O2. The molecule has 0 radical (unpaired) electrons. The number of carbonyl (C=O) groups is 1. The lowest BCUT2D eigenvalue weighted by Gasteiger charge is -2.26. The molecule has 3 rings (SSSR count). The van der Waals surface area contributed by atoms with E-state index in [2.05, 4.69) is 16.8 Å². The minimum Gasteiger partial charge on any atom is -0.486 e. The molecule has 0 aliphatic carbocycles. The SMILES string of the molecule is CCC1Cn2c(C(=O)NC(C)C)cc3cccc(c32)O1. The Morgan fingerprint density at radius 2 is 2.30 bits per heavy atom. The van der Waals surface area contributed by atoms with E-state index in [4.69, 9.17) is 4.74 Å². The minimum absolute atomic E-state index is 0.0149. The highest BCUT2D eigenvalue weighted by molar-refractivity contribution is 6.00. The van der Waals surface area contributed by atoms with Gasteiger partial charge in [-0.15, -0.1) is 0 Å². The van der Waals surface area contributed by atoms with Crippen molar-refractivity contribution in [2.45, 2.75) is 45.9 Å². The van der Waals surface area contributed by atoms with Gasteiger partial charge in [-0.25, -0.2) is 0 Å². The Labute approximate surface area is 118 Å². The van der Waals surface area contributed by atoms with E-state index in [1.807, 2.05) is 38.1 Å². The summed E-state index contributed by atoms with van der Waals surface area (Å²) in [5.41, 5.74) is 1.76. The Bertz CT molecular complexity index is 658. The predicted octanol–water partition coefficient (Wildman–Crippen LogP) is 2.95. The first-order chi connectivity index (χ1) is 9.60. The molecule has 1 aliphatic rings. The van der Waals surface area contributed by atoms with Crippen LogP contribution < -0.4 is 10.1 Å². The Morgan fingerprint density at radius 3 is 3.00 bits per heavy atom. The first-order valence-corrected chi connectivity index (χ1v) is 7.20. The van der Waals surface area contributed by atoms with Crippen molar-refractivity contribution >= 4 is 16.8 Å². The number of ether oxygens (including phenoxy) is 1. The van der Waals surface area contributed by atoms with E-state index in [0.29, 0.717) is 0 Å². The maximum atomic E-state index is 12.4. The van der Waals surface area contributed by atoms with Crippen LogP contribution in [-0.2, 0) is 6.54 Å². The molecule has 2 aromatic rings. The molecule has 1 amide bonds. The lowest BCUT2D eigenvalue weighted by molar-refractivity contribution is 0.0927. The summed E-state index contributed by atoms with van der Waals surface area (Å²) in [6.45, 7) is 6.78. The first kappa shape index (κ1) is 13.0. The molecule has 106 valence electrons. The third-order valence-corrected chi connectivity index (χ3v) is 3.67. The maximum absolute atomic E-state index is 12.4. The summed E-state index contributed by atoms with van der Waals surface area (Å²) in [4.78, 5) is 12.4. The molecule has 0 saturated heterocycles. The zero-order valence-electron chi connectivity index (χ0n) is 12.1. The van der Waals surface area contributed by atoms with E-state index in [1.165, 1.54) is 0 Å². The summed E-state index contributed by atoms with van der Waals surface area (Å²) in [6, 6.07) is 8.07. The van der Waals surface area contributed by atoms with Crippen LogP contribution in [-0.4, -0.2) is 22.6 Å². The van der Waals surface area contributed by atoms with Gasteiger partial charge < -0.3 is 14.6 Å². The van der Waals surface area contributed by atoms with E-state index in [-0.39, 0.29) is 18.1 Å². The zero-order chi connectivity index (χ0) is 14.3. The van der Waals surface area contributed by atoms with Crippen LogP contribution >= 0.6 is 0 Å². The predicted molar refractivity (Wildman–Crippen MR) is 79.2 cm³/mol. The fraction of sp³-hybridized carbons (Fsp3) is 0.438. The molecule has 4 nitrogen and oxygen atoms in total. The van der Waals surface area contributed by atoms with Crippen LogP contribution in [0.5, 0.6) is 5.75 Å². The van der Waals surface area contributed by atoms with Crippen molar-refractivity contribution in [3.63, 3.8) is 0 Å². The van der Waals surface area contributed by atoms with Crippen LogP contribution in [0.2, 0.25) is 0 Å². The Hall–Kier alpha value is -1.97. The number of carbonyl (C=O) groups excluding carboxylic acids is 1. The fourth-order valence-electron chi connectivity index (χ4n) is 2.73. The van der Waals surface area contributed by atoms with Gasteiger partial charge in [-0.3, -0.25) is 4.79 Å². The van der Waals surface area contributed by atoms with Crippen LogP contribution in [0.4, 0.5) is 0 Å². The molecule has 1 atom stereocenters. The number of hydrogen-bond acceptors (Lipinski definition) is 2. The smallest absolute Gasteiger partial charge is 0.268 e. The van der Waals surface area contributed by atoms with Gasteiger partial charge in [-0.05, 0) is 32.4 Å². The maximum Gasteiger partial charge on any atom is 0.268 e. The molecule has 20 heavy (non-hydrogen) atoms. The summed E-state index contributed by atoms with van der Waals surface area (Å²) in [6.07, 6.45) is 1.06. The van der Waals surface area contributed by atoms with Gasteiger partial charge >= 0.3 is 0 Å². The van der Waals surface area contributed by atoms with E-state index < -0.39 is 0 Å². The largest absolute Gasteiger partial charge is 0.486 e. The third-order valence-electron chi connectivity index (χ3n) is 3.67. The topological polar surface area (TPSA) is 43.3 Å². The second-order valence-electron chi connectivity index (χ2n) is 5.61. The second kappa shape index (κ2) is 4.85. The van der Waals surface area contributed by atoms with Crippen LogP contribution in [0.15, 0.2) is 24.3 Å². The van der Waals surface area contributed by atoms with Gasteiger partial charge in [-0.2, -0.15) is 0 Å². The Balaban J connectivity index is 2.12. The lowest BCUT2D eigenvalue weighted by Crippen LogP contribution is -2.34. The lowest BCUT2D eigenvalue weighted by atomic mass is 10.2. The van der Waals surface area contributed by atoms with Gasteiger partial charge in [0.15, 0.2) is 0 Å². The molecule has 1 unspecified atom stereocenters. The number of hydrogen-bond donors (Lipinski definition) is 1. The summed E-state index contributed by atoms with van der Waals surface area (Å²) < 4.78 is 8.07. The fourth-order valence-corrected chi connectivity index (χ4v) is 2.73. The highest BCUT2D eigenvalue weighted by Crippen LogP contribution is 2.34. The van der Waals surface area contributed by atoms with Crippen LogP contribution in [0.1, 0.15) is 37.7 Å². The molecule has 4 heteroatoms. The molecule has 1 N–H and O–H groups in total. The Morgan fingerprint density at radius 1 is 1.50 bits per heavy atom. The molecule has 1 aliphatic heterocycles. The van der Waals surface area contributed by atoms with Crippen LogP contribution in [0.25, 0.3) is 10.9 Å². The number of nitrogens with one attached hydrogen (secondary N) is 1. The average Bonchev–Trinajstić information content (AvgIpc) is 2.79. The quantitative estimate of drug-likeness (QED) is 0.933. The summed E-state index contributed by atoms with van der Waals surface area (Å²) >= 11 is 0. The molecular weight excluding hydrogens is 252 g/mol. The van der Waals surface area contributed by atoms with Gasteiger partial charge in [0.25, 0.3) is 5.91 Å². The normalized spacial score (nSPS) is 17.3.